The van der Waals surface area contributed by atoms with Crippen molar-refractivity contribution in [3.05, 3.63) is 23.9 Å². The molecule has 1 rings (SSSR count). The van der Waals surface area contributed by atoms with Gasteiger partial charge in [0.1, 0.15) is 5.82 Å². The van der Waals surface area contributed by atoms with E-state index in [9.17, 15) is 0 Å². The maximum atomic E-state index is 5.52. The zero-order valence-corrected chi connectivity index (χ0v) is 7.38. The van der Waals surface area contributed by atoms with Crippen LogP contribution in [0, 0.1) is 0 Å². The van der Waals surface area contributed by atoms with Gasteiger partial charge >= 0.3 is 0 Å². The molecule has 0 atom stereocenters. The summed E-state index contributed by atoms with van der Waals surface area (Å²) in [6.45, 7) is 3.97. The monoisotopic (exact) mass is 165 g/mol. The van der Waals surface area contributed by atoms with Gasteiger partial charge in [0.25, 0.3) is 0 Å². The van der Waals surface area contributed by atoms with Gasteiger partial charge in [0, 0.05) is 6.54 Å². The van der Waals surface area contributed by atoms with Gasteiger partial charge in [-0.1, -0.05) is 13.0 Å². The number of anilines is 1. The van der Waals surface area contributed by atoms with Gasteiger partial charge in [0.05, 0.1) is 5.69 Å². The largest absolute Gasteiger partial charge is 0.384 e. The average Bonchev–Trinajstić information content (AvgIpc) is 2.05. The highest BCUT2D eigenvalue weighted by molar-refractivity contribution is 5.28. The van der Waals surface area contributed by atoms with E-state index in [1.54, 1.807) is 6.07 Å². The quantitative estimate of drug-likeness (QED) is 0.658. The van der Waals surface area contributed by atoms with Crippen LogP contribution in [-0.4, -0.2) is 11.5 Å². The molecule has 0 aliphatic heterocycles. The second kappa shape index (κ2) is 4.72. The van der Waals surface area contributed by atoms with Crippen LogP contribution in [0.2, 0.25) is 0 Å². The molecule has 0 aliphatic carbocycles. The van der Waals surface area contributed by atoms with E-state index in [0.717, 1.165) is 25.2 Å². The Labute approximate surface area is 73.0 Å². The second-order valence-corrected chi connectivity index (χ2v) is 2.73. The highest BCUT2D eigenvalue weighted by atomic mass is 14.9. The van der Waals surface area contributed by atoms with Crippen LogP contribution in [0.1, 0.15) is 19.0 Å². The maximum Gasteiger partial charge on any atom is 0.123 e. The molecule has 3 nitrogen and oxygen atoms in total. The van der Waals surface area contributed by atoms with Crippen LogP contribution in [0.25, 0.3) is 0 Å². The lowest BCUT2D eigenvalue weighted by molar-refractivity contribution is 0.665. The van der Waals surface area contributed by atoms with Crippen LogP contribution in [0.5, 0.6) is 0 Å². The first kappa shape index (κ1) is 9.00. The summed E-state index contributed by atoms with van der Waals surface area (Å²) >= 11 is 0. The van der Waals surface area contributed by atoms with Gasteiger partial charge in [-0.05, 0) is 25.1 Å². The number of nitrogens with zero attached hydrogens (tertiary/aromatic N) is 1. The SMILES string of the molecule is CCCNCc1cccc(N)n1. The Hall–Kier alpha value is -1.09. The normalized spacial score (nSPS) is 10.1. The Kier molecular flexibility index (Phi) is 3.54. The molecule has 12 heavy (non-hydrogen) atoms. The fourth-order valence-electron chi connectivity index (χ4n) is 0.990. The number of rotatable bonds is 4. The van der Waals surface area contributed by atoms with Crippen LogP contribution in [0.4, 0.5) is 5.82 Å². The third-order valence-electron chi connectivity index (χ3n) is 1.56. The summed E-state index contributed by atoms with van der Waals surface area (Å²) in [6, 6.07) is 5.69. The Morgan fingerprint density at radius 1 is 1.50 bits per heavy atom. The van der Waals surface area contributed by atoms with Crippen molar-refractivity contribution in [3.63, 3.8) is 0 Å². The molecule has 0 bridgehead atoms. The lowest BCUT2D eigenvalue weighted by atomic mass is 10.3. The predicted molar refractivity (Wildman–Crippen MR) is 50.6 cm³/mol. The zero-order chi connectivity index (χ0) is 8.81. The Morgan fingerprint density at radius 2 is 2.33 bits per heavy atom. The summed E-state index contributed by atoms with van der Waals surface area (Å²) in [7, 11) is 0. The fourth-order valence-corrected chi connectivity index (χ4v) is 0.990. The number of hydrogen-bond acceptors (Lipinski definition) is 3. The molecule has 0 saturated carbocycles. The van der Waals surface area contributed by atoms with E-state index in [4.69, 9.17) is 5.73 Å². The molecule has 3 heteroatoms. The molecule has 0 amide bonds. The molecule has 0 aromatic carbocycles. The van der Waals surface area contributed by atoms with Crippen molar-refractivity contribution in [1.29, 1.82) is 0 Å². The minimum atomic E-state index is 0.589. The smallest absolute Gasteiger partial charge is 0.123 e. The lowest BCUT2D eigenvalue weighted by Crippen LogP contribution is -2.14. The van der Waals surface area contributed by atoms with E-state index >= 15 is 0 Å². The Bertz CT molecular complexity index is 235. The first-order valence-corrected chi connectivity index (χ1v) is 4.25. The van der Waals surface area contributed by atoms with Crippen LogP contribution < -0.4 is 11.1 Å². The van der Waals surface area contributed by atoms with Crippen molar-refractivity contribution in [2.75, 3.05) is 12.3 Å². The summed E-state index contributed by atoms with van der Waals surface area (Å²) in [4.78, 5) is 4.16. The van der Waals surface area contributed by atoms with Crippen molar-refractivity contribution in [3.8, 4) is 0 Å². The van der Waals surface area contributed by atoms with Crippen molar-refractivity contribution in [2.45, 2.75) is 19.9 Å². The number of nitrogen functional groups attached to an aromatic ring is 1. The molecular formula is C9H15N3. The van der Waals surface area contributed by atoms with E-state index in [0.29, 0.717) is 5.82 Å². The molecular weight excluding hydrogens is 150 g/mol. The van der Waals surface area contributed by atoms with Gasteiger partial charge < -0.3 is 11.1 Å². The molecule has 0 fully saturated rings. The highest BCUT2D eigenvalue weighted by Gasteiger charge is 1.92. The van der Waals surface area contributed by atoms with Crippen molar-refractivity contribution in [2.24, 2.45) is 0 Å². The third-order valence-corrected chi connectivity index (χ3v) is 1.56. The third kappa shape index (κ3) is 2.88. The lowest BCUT2D eigenvalue weighted by Gasteiger charge is -2.02. The maximum absolute atomic E-state index is 5.52. The topological polar surface area (TPSA) is 50.9 Å². The number of pyridine rings is 1. The van der Waals surface area contributed by atoms with Gasteiger partial charge in [-0.3, -0.25) is 0 Å². The van der Waals surface area contributed by atoms with Crippen molar-refractivity contribution >= 4 is 5.82 Å². The van der Waals surface area contributed by atoms with Crippen LogP contribution >= 0.6 is 0 Å². The summed E-state index contributed by atoms with van der Waals surface area (Å²) in [5.74, 6) is 0.589. The van der Waals surface area contributed by atoms with Crippen LogP contribution in [0.15, 0.2) is 18.2 Å². The van der Waals surface area contributed by atoms with Crippen LogP contribution in [0.3, 0.4) is 0 Å². The fraction of sp³-hybridized carbons (Fsp3) is 0.444. The van der Waals surface area contributed by atoms with E-state index < -0.39 is 0 Å². The number of hydrogen-bond donors (Lipinski definition) is 2. The van der Waals surface area contributed by atoms with Crippen molar-refractivity contribution in [1.82, 2.24) is 10.3 Å². The van der Waals surface area contributed by atoms with E-state index in [1.165, 1.54) is 0 Å². The molecule has 0 aliphatic rings. The van der Waals surface area contributed by atoms with Crippen molar-refractivity contribution < 1.29 is 0 Å². The molecule has 0 spiro atoms. The second-order valence-electron chi connectivity index (χ2n) is 2.73. The standard InChI is InChI=1S/C9H15N3/c1-2-6-11-7-8-4-3-5-9(10)12-8/h3-5,11H,2,6-7H2,1H3,(H2,10,12). The van der Waals surface area contributed by atoms with Crippen LogP contribution in [-0.2, 0) is 6.54 Å². The summed E-state index contributed by atoms with van der Waals surface area (Å²) in [5.41, 5.74) is 6.53. The minimum Gasteiger partial charge on any atom is -0.384 e. The molecule has 1 heterocycles. The molecule has 0 radical (unpaired) electrons. The molecule has 0 saturated heterocycles. The number of aromatic nitrogens is 1. The minimum absolute atomic E-state index is 0.589. The molecule has 66 valence electrons. The van der Waals surface area contributed by atoms with Gasteiger partial charge in [0.15, 0.2) is 0 Å². The molecule has 1 aromatic rings. The number of nitrogens with one attached hydrogen (secondary N) is 1. The Balaban J connectivity index is 2.41. The van der Waals surface area contributed by atoms with E-state index in [-0.39, 0.29) is 0 Å². The van der Waals surface area contributed by atoms with Gasteiger partial charge in [-0.2, -0.15) is 0 Å². The summed E-state index contributed by atoms with van der Waals surface area (Å²) < 4.78 is 0. The molecule has 1 aromatic heterocycles. The average molecular weight is 165 g/mol. The van der Waals surface area contributed by atoms with E-state index in [2.05, 4.69) is 17.2 Å². The van der Waals surface area contributed by atoms with Gasteiger partial charge in [-0.25, -0.2) is 4.98 Å². The highest BCUT2D eigenvalue weighted by Crippen LogP contribution is 1.99. The number of nitrogens with two attached hydrogens (primary N) is 1. The summed E-state index contributed by atoms with van der Waals surface area (Å²) in [6.07, 6.45) is 1.14. The predicted octanol–water partition coefficient (Wildman–Crippen LogP) is 1.16. The summed E-state index contributed by atoms with van der Waals surface area (Å²) in [5, 5.41) is 3.26. The molecule has 3 N–H and O–H groups in total. The zero-order valence-electron chi connectivity index (χ0n) is 7.38. The van der Waals surface area contributed by atoms with Gasteiger partial charge in [0.2, 0.25) is 0 Å². The first-order chi connectivity index (χ1) is 5.83. The van der Waals surface area contributed by atoms with Gasteiger partial charge in [-0.15, -0.1) is 0 Å². The molecule has 0 unspecified atom stereocenters. The first-order valence-electron chi connectivity index (χ1n) is 4.25. The Morgan fingerprint density at radius 3 is 3.00 bits per heavy atom. The van der Waals surface area contributed by atoms with E-state index in [1.807, 2.05) is 12.1 Å².